The summed E-state index contributed by atoms with van der Waals surface area (Å²) in [4.78, 5) is 34.2. The summed E-state index contributed by atoms with van der Waals surface area (Å²) in [6.45, 7) is -1.71. The van der Waals surface area contributed by atoms with Crippen molar-refractivity contribution in [2.24, 2.45) is 5.73 Å². The molecule has 46 heavy (non-hydrogen) atoms. The fourth-order valence-electron chi connectivity index (χ4n) is 5.24. The van der Waals surface area contributed by atoms with Crippen molar-refractivity contribution >= 4 is 22.7 Å². The summed E-state index contributed by atoms with van der Waals surface area (Å²) in [5, 5.41) is 13.9. The van der Waals surface area contributed by atoms with Crippen LogP contribution < -0.4 is 20.5 Å². The molecule has 0 spiro atoms. The number of ether oxygens (including phenoxy) is 2. The minimum Gasteiger partial charge on any atom is -0.489 e. The number of aliphatic hydroxyl groups is 1. The lowest BCUT2D eigenvalue weighted by Crippen LogP contribution is -2.52. The van der Waals surface area contributed by atoms with E-state index in [4.69, 9.17) is 15.2 Å². The highest BCUT2D eigenvalue weighted by atomic mass is 19.4. The number of hydrogen-bond acceptors (Lipinski definition) is 7. The highest BCUT2D eigenvalue weighted by Crippen LogP contribution is 2.48. The van der Waals surface area contributed by atoms with Crippen LogP contribution in [-0.2, 0) is 15.8 Å². The molecule has 0 radical (unpaired) electrons. The van der Waals surface area contributed by atoms with Crippen molar-refractivity contribution < 1.29 is 46.1 Å². The number of carbonyl (C=O) groups excluding carboxylic acids is 2. The lowest BCUT2D eigenvalue weighted by atomic mass is 9.81. The van der Waals surface area contributed by atoms with Crippen LogP contribution in [-0.4, -0.2) is 59.0 Å². The third-order valence-corrected chi connectivity index (χ3v) is 8.14. The molecular formula is C32H27F5N4O5. The Balaban J connectivity index is 1.41. The Morgan fingerprint density at radius 2 is 1.83 bits per heavy atom. The van der Waals surface area contributed by atoms with Gasteiger partial charge in [0.05, 0.1) is 18.3 Å². The first-order valence-electron chi connectivity index (χ1n) is 14.2. The van der Waals surface area contributed by atoms with E-state index in [-0.39, 0.29) is 40.0 Å². The number of amides is 2. The number of rotatable bonds is 9. The summed E-state index contributed by atoms with van der Waals surface area (Å²) >= 11 is 0. The van der Waals surface area contributed by atoms with E-state index in [2.05, 4.69) is 15.3 Å². The molecule has 14 heteroatoms. The number of aryl methyl sites for hydroxylation is 1. The summed E-state index contributed by atoms with van der Waals surface area (Å²) in [6.07, 6.45) is -3.90. The van der Waals surface area contributed by atoms with Crippen molar-refractivity contribution in [3.63, 3.8) is 0 Å². The maximum absolute atomic E-state index is 14.8. The standard InChI is InChI=1S/C32H27F5N4O5/c1-16-2-3-18-10-19(11-23(25(18)40-16)46-21-8-9-21)28(42)39-14-31(44,32(35,36)37)24-12-22-27(45-15-30(22,13-33)29(38)43)26(41-24)17-4-6-20(34)7-5-17/h2-7,10-12,21,44H,8-9,13-15H2,1H3,(H2,38,43)(H,39,42)/t30-,31-/m0/s1. The van der Waals surface area contributed by atoms with Crippen LogP contribution in [0.4, 0.5) is 22.0 Å². The van der Waals surface area contributed by atoms with Gasteiger partial charge in [0.25, 0.3) is 5.91 Å². The smallest absolute Gasteiger partial charge is 0.424 e. The molecule has 0 unspecified atom stereocenters. The molecule has 2 aliphatic rings. The van der Waals surface area contributed by atoms with Crippen LogP contribution in [0, 0.1) is 12.7 Å². The zero-order valence-corrected chi connectivity index (χ0v) is 24.3. The quantitative estimate of drug-likeness (QED) is 0.228. The molecule has 1 saturated carbocycles. The minimum atomic E-state index is -5.45. The number of hydrogen-bond donors (Lipinski definition) is 3. The number of benzene rings is 2. The van der Waals surface area contributed by atoms with Crippen LogP contribution in [0.1, 0.15) is 40.2 Å². The van der Waals surface area contributed by atoms with Crippen LogP contribution >= 0.6 is 0 Å². The lowest BCUT2D eigenvalue weighted by Gasteiger charge is -2.31. The molecule has 2 aromatic heterocycles. The Kier molecular flexibility index (Phi) is 7.58. The highest BCUT2D eigenvalue weighted by molar-refractivity contribution is 6.00. The zero-order chi connectivity index (χ0) is 33.0. The number of nitrogens with one attached hydrogen (secondary N) is 1. The van der Waals surface area contributed by atoms with Gasteiger partial charge in [-0.15, -0.1) is 0 Å². The van der Waals surface area contributed by atoms with Gasteiger partial charge < -0.3 is 25.6 Å². The van der Waals surface area contributed by atoms with Crippen molar-refractivity contribution in [3.05, 3.63) is 82.9 Å². The first-order chi connectivity index (χ1) is 21.8. The number of nitrogens with zero attached hydrogens (tertiary/aromatic N) is 2. The maximum atomic E-state index is 14.8. The Labute approximate surface area is 258 Å². The van der Waals surface area contributed by atoms with Gasteiger partial charge in [0.15, 0.2) is 0 Å². The summed E-state index contributed by atoms with van der Waals surface area (Å²) < 4.78 is 83.8. The number of primary amides is 1. The second kappa shape index (κ2) is 11.2. The summed E-state index contributed by atoms with van der Waals surface area (Å²) in [7, 11) is 0. The van der Waals surface area contributed by atoms with E-state index < -0.39 is 60.3 Å². The van der Waals surface area contributed by atoms with Crippen LogP contribution in [0.2, 0.25) is 0 Å². The van der Waals surface area contributed by atoms with Crippen LogP contribution in [0.3, 0.4) is 0 Å². The van der Waals surface area contributed by atoms with E-state index in [1.165, 1.54) is 24.3 Å². The normalized spacial score (nSPS) is 18.8. The maximum Gasteiger partial charge on any atom is 0.424 e. The molecule has 0 saturated heterocycles. The van der Waals surface area contributed by atoms with E-state index in [0.717, 1.165) is 25.0 Å². The molecule has 6 rings (SSSR count). The summed E-state index contributed by atoms with van der Waals surface area (Å²) in [5.41, 5.74) is -1.14. The van der Waals surface area contributed by atoms with Gasteiger partial charge in [-0.2, -0.15) is 13.2 Å². The Hall–Kier alpha value is -4.85. The predicted octanol–water partition coefficient (Wildman–Crippen LogP) is 4.55. The zero-order valence-electron chi connectivity index (χ0n) is 24.3. The van der Waals surface area contributed by atoms with Crippen molar-refractivity contribution in [1.29, 1.82) is 0 Å². The minimum absolute atomic E-state index is 0.0502. The Bertz CT molecular complexity index is 1860. The van der Waals surface area contributed by atoms with E-state index in [0.29, 0.717) is 22.7 Å². The molecule has 1 fully saturated rings. The Morgan fingerprint density at radius 3 is 2.46 bits per heavy atom. The monoisotopic (exact) mass is 642 g/mol. The highest BCUT2D eigenvalue weighted by Gasteiger charge is 2.58. The van der Waals surface area contributed by atoms with Gasteiger partial charge in [0, 0.05) is 27.8 Å². The topological polar surface area (TPSA) is 137 Å². The molecular weight excluding hydrogens is 615 g/mol. The van der Waals surface area contributed by atoms with Crippen molar-refractivity contribution in [1.82, 2.24) is 15.3 Å². The van der Waals surface area contributed by atoms with E-state index in [1.807, 2.05) is 0 Å². The molecule has 2 aromatic carbocycles. The number of pyridine rings is 2. The van der Waals surface area contributed by atoms with Gasteiger partial charge >= 0.3 is 6.18 Å². The van der Waals surface area contributed by atoms with Crippen molar-refractivity contribution in [3.8, 4) is 22.8 Å². The molecule has 4 N–H and O–H groups in total. The molecule has 0 bridgehead atoms. The van der Waals surface area contributed by atoms with E-state index in [1.54, 1.807) is 19.1 Å². The summed E-state index contributed by atoms with van der Waals surface area (Å²) in [5.74, 6) is -2.80. The van der Waals surface area contributed by atoms with Gasteiger partial charge in [0.1, 0.15) is 47.2 Å². The largest absolute Gasteiger partial charge is 0.489 e. The van der Waals surface area contributed by atoms with E-state index in [9.17, 15) is 36.6 Å². The fraction of sp³-hybridized carbons (Fsp3) is 0.312. The fourth-order valence-corrected chi connectivity index (χ4v) is 5.24. The number of halogens is 5. The second-order valence-electron chi connectivity index (χ2n) is 11.5. The number of alkyl halides is 4. The first kappa shape index (κ1) is 31.1. The molecule has 2 amide bonds. The third-order valence-electron chi connectivity index (χ3n) is 8.14. The van der Waals surface area contributed by atoms with Gasteiger partial charge in [-0.05, 0) is 68.3 Å². The van der Waals surface area contributed by atoms with Gasteiger partial charge in [-0.1, -0.05) is 6.07 Å². The van der Waals surface area contributed by atoms with Crippen LogP contribution in [0.25, 0.3) is 22.2 Å². The van der Waals surface area contributed by atoms with Crippen LogP contribution in [0.15, 0.2) is 54.6 Å². The molecule has 1 aliphatic heterocycles. The lowest BCUT2D eigenvalue weighted by molar-refractivity contribution is -0.265. The van der Waals surface area contributed by atoms with Crippen molar-refractivity contribution in [2.75, 3.05) is 19.8 Å². The first-order valence-corrected chi connectivity index (χ1v) is 14.2. The van der Waals surface area contributed by atoms with Gasteiger partial charge in [-0.25, -0.2) is 18.7 Å². The van der Waals surface area contributed by atoms with Crippen LogP contribution in [0.5, 0.6) is 11.5 Å². The van der Waals surface area contributed by atoms with Gasteiger partial charge in [-0.3, -0.25) is 9.59 Å². The molecule has 1 aliphatic carbocycles. The molecule has 9 nitrogen and oxygen atoms in total. The molecule has 2 atom stereocenters. The number of nitrogens with two attached hydrogens (primary N) is 1. The average molecular weight is 643 g/mol. The van der Waals surface area contributed by atoms with E-state index >= 15 is 0 Å². The summed E-state index contributed by atoms with van der Waals surface area (Å²) in [6, 6.07) is 11.3. The Morgan fingerprint density at radius 1 is 1.11 bits per heavy atom. The predicted molar refractivity (Wildman–Crippen MR) is 154 cm³/mol. The molecule has 240 valence electrons. The SMILES string of the molecule is Cc1ccc2cc(C(=O)NC[C@](O)(c3cc4c(c(-c5ccc(F)cc5)n3)OC[C@]4(CF)C(N)=O)C(F)(F)F)cc(OC3CC3)c2n1. The number of carbonyl (C=O) groups is 2. The number of aromatic nitrogens is 2. The second-order valence-corrected chi connectivity index (χ2v) is 11.5. The van der Waals surface area contributed by atoms with Crippen molar-refractivity contribution in [2.45, 2.75) is 43.1 Å². The molecule has 3 heterocycles. The molecule has 4 aromatic rings. The third kappa shape index (κ3) is 5.36. The number of fused-ring (bicyclic) bond motifs is 2. The van der Waals surface area contributed by atoms with Gasteiger partial charge in [0.2, 0.25) is 11.5 Å². The average Bonchev–Trinajstić information content (AvgIpc) is 3.75.